The van der Waals surface area contributed by atoms with Crippen LogP contribution in [-0.2, 0) is 10.0 Å². The van der Waals surface area contributed by atoms with Crippen molar-refractivity contribution in [2.75, 3.05) is 10.5 Å². The number of rotatable bonds is 3. The number of nitrogen functional groups attached to an aromatic ring is 1. The predicted molar refractivity (Wildman–Crippen MR) is 78.2 cm³/mol. The summed E-state index contributed by atoms with van der Waals surface area (Å²) in [6, 6.07) is 4.88. The number of aryl methyl sites for hydroxylation is 2. The van der Waals surface area contributed by atoms with Gasteiger partial charge in [-0.1, -0.05) is 12.1 Å². The van der Waals surface area contributed by atoms with E-state index < -0.39 is 10.0 Å². The standard InChI is InChI=1S/C12H13ClN4O2S/c1-7-3-4-8(2)11(10(7)14)20(18,19)17-9-5-6-15-12(13)16-9/h3-6H,14H2,1-2H3,(H,15,16,17). The van der Waals surface area contributed by atoms with Crippen LogP contribution in [0.2, 0.25) is 5.28 Å². The van der Waals surface area contributed by atoms with Crippen LogP contribution in [0.4, 0.5) is 11.5 Å². The van der Waals surface area contributed by atoms with Crippen LogP contribution in [0, 0.1) is 13.8 Å². The van der Waals surface area contributed by atoms with Gasteiger partial charge in [-0.05, 0) is 42.6 Å². The van der Waals surface area contributed by atoms with E-state index in [1.807, 2.05) is 0 Å². The molecule has 1 aromatic carbocycles. The van der Waals surface area contributed by atoms with Crippen LogP contribution in [0.5, 0.6) is 0 Å². The molecule has 0 radical (unpaired) electrons. The van der Waals surface area contributed by atoms with Crippen molar-refractivity contribution in [3.63, 3.8) is 0 Å². The molecule has 0 amide bonds. The Balaban J connectivity index is 2.49. The van der Waals surface area contributed by atoms with Gasteiger partial charge in [0.1, 0.15) is 10.7 Å². The number of nitrogens with one attached hydrogen (secondary N) is 1. The molecule has 6 nitrogen and oxygen atoms in total. The first-order valence-corrected chi connectivity index (χ1v) is 7.54. The SMILES string of the molecule is Cc1ccc(C)c(S(=O)(=O)Nc2ccnc(Cl)n2)c1N. The Bertz CT molecular complexity index is 762. The van der Waals surface area contributed by atoms with Crippen LogP contribution in [-0.4, -0.2) is 18.4 Å². The van der Waals surface area contributed by atoms with Gasteiger partial charge in [0, 0.05) is 6.20 Å². The lowest BCUT2D eigenvalue weighted by Gasteiger charge is -2.13. The first-order valence-electron chi connectivity index (χ1n) is 5.68. The molecular weight excluding hydrogens is 300 g/mol. The molecular formula is C12H13ClN4O2S. The van der Waals surface area contributed by atoms with Crippen LogP contribution < -0.4 is 10.5 Å². The summed E-state index contributed by atoms with van der Waals surface area (Å²) < 4.78 is 27.2. The van der Waals surface area contributed by atoms with Crippen molar-refractivity contribution >= 4 is 33.1 Å². The fourth-order valence-corrected chi connectivity index (χ4v) is 3.32. The third kappa shape index (κ3) is 2.83. The molecule has 0 fully saturated rings. The lowest BCUT2D eigenvalue weighted by Crippen LogP contribution is -2.17. The van der Waals surface area contributed by atoms with E-state index in [1.165, 1.54) is 12.3 Å². The van der Waals surface area contributed by atoms with Gasteiger partial charge in [-0.3, -0.25) is 4.72 Å². The molecule has 106 valence electrons. The van der Waals surface area contributed by atoms with Crippen molar-refractivity contribution in [3.8, 4) is 0 Å². The van der Waals surface area contributed by atoms with Crippen molar-refractivity contribution < 1.29 is 8.42 Å². The number of hydrogen-bond donors (Lipinski definition) is 2. The molecule has 1 heterocycles. The Morgan fingerprint density at radius 1 is 1.20 bits per heavy atom. The zero-order valence-corrected chi connectivity index (χ0v) is 12.5. The highest BCUT2D eigenvalue weighted by molar-refractivity contribution is 7.93. The van der Waals surface area contributed by atoms with E-state index in [0.29, 0.717) is 11.1 Å². The summed E-state index contributed by atoms with van der Waals surface area (Å²) in [5.41, 5.74) is 7.34. The summed E-state index contributed by atoms with van der Waals surface area (Å²) in [5.74, 6) is 0.0882. The molecule has 2 rings (SSSR count). The van der Waals surface area contributed by atoms with Gasteiger partial charge in [0.2, 0.25) is 5.28 Å². The number of sulfonamides is 1. The summed E-state index contributed by atoms with van der Waals surface area (Å²) in [6.45, 7) is 3.42. The fraction of sp³-hybridized carbons (Fsp3) is 0.167. The predicted octanol–water partition coefficient (Wildman–Crippen LogP) is 2.13. The summed E-state index contributed by atoms with van der Waals surface area (Å²) in [7, 11) is -3.84. The van der Waals surface area contributed by atoms with Crippen LogP contribution in [0.15, 0.2) is 29.3 Å². The average Bonchev–Trinajstić information content (AvgIpc) is 2.33. The third-order valence-electron chi connectivity index (χ3n) is 2.74. The normalized spacial score (nSPS) is 11.3. The fourth-order valence-electron chi connectivity index (χ4n) is 1.74. The van der Waals surface area contributed by atoms with E-state index in [9.17, 15) is 8.42 Å². The number of benzene rings is 1. The van der Waals surface area contributed by atoms with Gasteiger partial charge in [-0.15, -0.1) is 0 Å². The smallest absolute Gasteiger partial charge is 0.265 e. The maximum absolute atomic E-state index is 12.4. The Labute approximate surface area is 122 Å². The minimum absolute atomic E-state index is 0.0425. The Kier molecular flexibility index (Phi) is 3.82. The second kappa shape index (κ2) is 5.26. The zero-order chi connectivity index (χ0) is 14.9. The maximum Gasteiger partial charge on any atom is 0.265 e. The molecule has 0 aliphatic heterocycles. The molecule has 0 spiro atoms. The van der Waals surface area contributed by atoms with Gasteiger partial charge in [-0.2, -0.15) is 4.98 Å². The molecule has 0 unspecified atom stereocenters. The molecule has 0 aliphatic rings. The highest BCUT2D eigenvalue weighted by Crippen LogP contribution is 2.27. The van der Waals surface area contributed by atoms with E-state index >= 15 is 0 Å². The van der Waals surface area contributed by atoms with Crippen molar-refractivity contribution in [3.05, 3.63) is 40.8 Å². The molecule has 2 aromatic rings. The highest BCUT2D eigenvalue weighted by Gasteiger charge is 2.22. The van der Waals surface area contributed by atoms with Crippen molar-refractivity contribution in [1.29, 1.82) is 0 Å². The second-order valence-electron chi connectivity index (χ2n) is 4.26. The Hall–Kier alpha value is -1.86. The highest BCUT2D eigenvalue weighted by atomic mass is 35.5. The van der Waals surface area contributed by atoms with Crippen molar-refractivity contribution in [2.24, 2.45) is 0 Å². The molecule has 0 saturated carbocycles. The Morgan fingerprint density at radius 3 is 2.50 bits per heavy atom. The first-order chi connectivity index (χ1) is 9.31. The van der Waals surface area contributed by atoms with E-state index in [-0.39, 0.29) is 21.7 Å². The average molecular weight is 313 g/mol. The molecule has 1 aromatic heterocycles. The minimum atomic E-state index is -3.84. The van der Waals surface area contributed by atoms with Crippen LogP contribution in [0.3, 0.4) is 0 Å². The third-order valence-corrected chi connectivity index (χ3v) is 4.48. The Morgan fingerprint density at radius 2 is 1.85 bits per heavy atom. The van der Waals surface area contributed by atoms with Gasteiger partial charge in [0.05, 0.1) is 5.69 Å². The van der Waals surface area contributed by atoms with E-state index in [0.717, 1.165) is 0 Å². The van der Waals surface area contributed by atoms with Crippen LogP contribution in [0.25, 0.3) is 0 Å². The van der Waals surface area contributed by atoms with Crippen molar-refractivity contribution in [1.82, 2.24) is 9.97 Å². The molecule has 0 aliphatic carbocycles. The molecule has 0 saturated heterocycles. The minimum Gasteiger partial charge on any atom is -0.397 e. The monoisotopic (exact) mass is 312 g/mol. The van der Waals surface area contributed by atoms with Crippen LogP contribution >= 0.6 is 11.6 Å². The summed E-state index contributed by atoms with van der Waals surface area (Å²) >= 11 is 5.63. The molecule has 0 bridgehead atoms. The van der Waals surface area contributed by atoms with Gasteiger partial charge in [-0.25, -0.2) is 13.4 Å². The van der Waals surface area contributed by atoms with Crippen LogP contribution in [0.1, 0.15) is 11.1 Å². The number of hydrogen-bond acceptors (Lipinski definition) is 5. The largest absolute Gasteiger partial charge is 0.397 e. The summed E-state index contributed by atoms with van der Waals surface area (Å²) in [4.78, 5) is 7.52. The van der Waals surface area contributed by atoms with Gasteiger partial charge >= 0.3 is 0 Å². The first kappa shape index (κ1) is 14.5. The molecule has 3 N–H and O–H groups in total. The van der Waals surface area contributed by atoms with E-state index in [1.54, 1.807) is 26.0 Å². The van der Waals surface area contributed by atoms with Gasteiger partial charge in [0.25, 0.3) is 10.0 Å². The zero-order valence-electron chi connectivity index (χ0n) is 10.9. The summed E-state index contributed by atoms with van der Waals surface area (Å²) in [5, 5.41) is -0.0425. The van der Waals surface area contributed by atoms with Crippen molar-refractivity contribution in [2.45, 2.75) is 18.7 Å². The number of anilines is 2. The summed E-state index contributed by atoms with van der Waals surface area (Å²) in [6.07, 6.45) is 1.36. The molecule has 0 atom stereocenters. The number of aromatic nitrogens is 2. The second-order valence-corrected chi connectivity index (χ2v) is 6.22. The quantitative estimate of drug-likeness (QED) is 0.668. The number of nitrogens with zero attached hydrogens (tertiary/aromatic N) is 2. The van der Waals surface area contributed by atoms with Gasteiger partial charge in [0.15, 0.2) is 0 Å². The molecule has 20 heavy (non-hydrogen) atoms. The lowest BCUT2D eigenvalue weighted by molar-refractivity contribution is 0.600. The number of nitrogens with two attached hydrogens (primary N) is 1. The lowest BCUT2D eigenvalue weighted by atomic mass is 10.1. The number of halogens is 1. The molecule has 8 heteroatoms. The maximum atomic E-state index is 12.4. The van der Waals surface area contributed by atoms with E-state index in [4.69, 9.17) is 17.3 Å². The topological polar surface area (TPSA) is 98.0 Å². The van der Waals surface area contributed by atoms with Gasteiger partial charge < -0.3 is 5.73 Å². The van der Waals surface area contributed by atoms with E-state index in [2.05, 4.69) is 14.7 Å².